The second-order valence-corrected chi connectivity index (χ2v) is 6.08. The number of hydrogen-bond donors (Lipinski definition) is 2. The van der Waals surface area contributed by atoms with E-state index in [1.165, 1.54) is 0 Å². The molecule has 0 fully saturated rings. The monoisotopic (exact) mass is 285 g/mol. The maximum atomic E-state index is 13.7. The zero-order valence-electron chi connectivity index (χ0n) is 12.2. The van der Waals surface area contributed by atoms with Gasteiger partial charge in [0.2, 0.25) is 0 Å². The number of aryl methyl sites for hydroxylation is 1. The van der Waals surface area contributed by atoms with Crippen LogP contribution < -0.4 is 5.32 Å². The minimum atomic E-state index is -0.153. The summed E-state index contributed by atoms with van der Waals surface area (Å²) in [4.78, 5) is 1.10. The smallest absolute Gasteiger partial charge is 0.126 e. The van der Waals surface area contributed by atoms with Crippen LogP contribution in [-0.4, -0.2) is 24.0 Å². The van der Waals surface area contributed by atoms with Crippen LogP contribution in [0.15, 0.2) is 17.0 Å². The Kier molecular flexibility index (Phi) is 6.83. The summed E-state index contributed by atoms with van der Waals surface area (Å²) >= 11 is 1.69. The van der Waals surface area contributed by atoms with E-state index in [1.54, 1.807) is 24.8 Å². The van der Waals surface area contributed by atoms with E-state index in [-0.39, 0.29) is 24.4 Å². The van der Waals surface area contributed by atoms with Gasteiger partial charge in [-0.15, -0.1) is 11.8 Å². The summed E-state index contributed by atoms with van der Waals surface area (Å²) in [5.41, 5.74) is 1.67. The van der Waals surface area contributed by atoms with Crippen molar-refractivity contribution in [2.45, 2.75) is 38.6 Å². The molecule has 0 bridgehead atoms. The predicted octanol–water partition coefficient (Wildman–Crippen LogP) is 3.53. The van der Waals surface area contributed by atoms with Gasteiger partial charge in [0.25, 0.3) is 0 Å². The first-order valence-corrected chi connectivity index (χ1v) is 7.75. The largest absolute Gasteiger partial charge is 0.396 e. The fourth-order valence-corrected chi connectivity index (χ4v) is 3.07. The third-order valence-electron chi connectivity index (χ3n) is 3.10. The molecule has 2 nitrogen and oxygen atoms in total. The first kappa shape index (κ1) is 16.5. The van der Waals surface area contributed by atoms with E-state index in [9.17, 15) is 4.39 Å². The van der Waals surface area contributed by atoms with Crippen LogP contribution in [0.1, 0.15) is 37.9 Å². The first-order chi connectivity index (χ1) is 8.99. The summed E-state index contributed by atoms with van der Waals surface area (Å²) in [6, 6.07) is 3.68. The number of thioether (sulfide) groups is 1. The number of nitrogens with one attached hydrogen (secondary N) is 1. The average Bonchev–Trinajstić information content (AvgIpc) is 2.39. The molecule has 0 aliphatic rings. The van der Waals surface area contributed by atoms with Crippen molar-refractivity contribution in [1.29, 1.82) is 0 Å². The van der Waals surface area contributed by atoms with E-state index in [1.807, 2.05) is 26.8 Å². The second kappa shape index (κ2) is 7.88. The Labute approximate surface area is 119 Å². The number of aliphatic hydroxyl groups is 1. The molecule has 0 radical (unpaired) electrons. The van der Waals surface area contributed by atoms with Crippen LogP contribution in [0, 0.1) is 18.7 Å². The van der Waals surface area contributed by atoms with Gasteiger partial charge in [-0.05, 0) is 49.6 Å². The highest BCUT2D eigenvalue weighted by atomic mass is 32.2. The highest BCUT2D eigenvalue weighted by molar-refractivity contribution is 7.99. The highest BCUT2D eigenvalue weighted by Crippen LogP contribution is 2.31. The molecule has 0 saturated heterocycles. The fraction of sp³-hybridized carbons (Fsp3) is 0.600. The predicted molar refractivity (Wildman–Crippen MR) is 80.2 cm³/mol. The molecule has 0 aromatic heterocycles. The van der Waals surface area contributed by atoms with Gasteiger partial charge >= 0.3 is 0 Å². The van der Waals surface area contributed by atoms with Crippen LogP contribution in [-0.2, 0) is 0 Å². The molecule has 19 heavy (non-hydrogen) atoms. The van der Waals surface area contributed by atoms with Gasteiger partial charge in [-0.25, -0.2) is 4.39 Å². The standard InChI is InChI=1S/C15H24FNOS/c1-5-17-12(4)13-7-14(16)11(3)6-15(13)19-9-10(2)8-18/h6-7,10,12,17-18H,5,8-9H2,1-4H3. The van der Waals surface area contributed by atoms with Gasteiger partial charge in [-0.2, -0.15) is 0 Å². The Balaban J connectivity index is 2.95. The van der Waals surface area contributed by atoms with Crippen molar-refractivity contribution in [3.8, 4) is 0 Å². The van der Waals surface area contributed by atoms with Crippen molar-refractivity contribution in [1.82, 2.24) is 5.32 Å². The molecular weight excluding hydrogens is 261 g/mol. The number of aliphatic hydroxyl groups excluding tert-OH is 1. The summed E-state index contributed by atoms with van der Waals surface area (Å²) in [6.07, 6.45) is 0. The molecule has 1 rings (SSSR count). The molecule has 0 saturated carbocycles. The first-order valence-electron chi connectivity index (χ1n) is 6.76. The van der Waals surface area contributed by atoms with E-state index < -0.39 is 0 Å². The van der Waals surface area contributed by atoms with Crippen molar-refractivity contribution >= 4 is 11.8 Å². The van der Waals surface area contributed by atoms with E-state index in [0.29, 0.717) is 5.56 Å². The van der Waals surface area contributed by atoms with Gasteiger partial charge in [-0.3, -0.25) is 0 Å². The molecule has 0 heterocycles. The quantitative estimate of drug-likeness (QED) is 0.752. The van der Waals surface area contributed by atoms with Crippen molar-refractivity contribution in [2.24, 2.45) is 5.92 Å². The van der Waals surface area contributed by atoms with Crippen LogP contribution >= 0.6 is 11.8 Å². The molecule has 4 heteroatoms. The van der Waals surface area contributed by atoms with Crippen molar-refractivity contribution < 1.29 is 9.50 Å². The van der Waals surface area contributed by atoms with E-state index >= 15 is 0 Å². The molecule has 108 valence electrons. The molecule has 2 atom stereocenters. The maximum Gasteiger partial charge on any atom is 0.126 e. The van der Waals surface area contributed by atoms with Crippen LogP contribution in [0.4, 0.5) is 4.39 Å². The Morgan fingerprint density at radius 2 is 2.05 bits per heavy atom. The van der Waals surface area contributed by atoms with Gasteiger partial charge in [0.1, 0.15) is 5.82 Å². The Morgan fingerprint density at radius 3 is 2.63 bits per heavy atom. The lowest BCUT2D eigenvalue weighted by Crippen LogP contribution is -2.19. The maximum absolute atomic E-state index is 13.7. The van der Waals surface area contributed by atoms with E-state index in [2.05, 4.69) is 5.32 Å². The lowest BCUT2D eigenvalue weighted by molar-refractivity contribution is 0.250. The normalized spacial score (nSPS) is 14.4. The molecule has 0 amide bonds. The van der Waals surface area contributed by atoms with E-state index in [4.69, 9.17) is 5.11 Å². The van der Waals surface area contributed by atoms with Gasteiger partial charge < -0.3 is 10.4 Å². The molecule has 0 aliphatic carbocycles. The Bertz CT molecular complexity index is 411. The van der Waals surface area contributed by atoms with Crippen LogP contribution in [0.5, 0.6) is 0 Å². The zero-order valence-corrected chi connectivity index (χ0v) is 13.0. The fourth-order valence-electron chi connectivity index (χ4n) is 1.83. The van der Waals surface area contributed by atoms with Crippen molar-refractivity contribution in [3.05, 3.63) is 29.1 Å². The third kappa shape index (κ3) is 4.79. The van der Waals surface area contributed by atoms with Gasteiger partial charge in [0.15, 0.2) is 0 Å². The molecule has 1 aromatic carbocycles. The zero-order chi connectivity index (χ0) is 14.4. The van der Waals surface area contributed by atoms with Crippen LogP contribution in [0.2, 0.25) is 0 Å². The molecule has 0 aliphatic heterocycles. The molecular formula is C15H24FNOS. The van der Waals surface area contributed by atoms with Crippen LogP contribution in [0.25, 0.3) is 0 Å². The van der Waals surface area contributed by atoms with Crippen molar-refractivity contribution in [3.63, 3.8) is 0 Å². The minimum Gasteiger partial charge on any atom is -0.396 e. The van der Waals surface area contributed by atoms with E-state index in [0.717, 1.165) is 22.8 Å². The average molecular weight is 285 g/mol. The van der Waals surface area contributed by atoms with Crippen molar-refractivity contribution in [2.75, 3.05) is 18.9 Å². The number of halogens is 1. The van der Waals surface area contributed by atoms with Gasteiger partial charge in [-0.1, -0.05) is 13.8 Å². The molecule has 1 aromatic rings. The SMILES string of the molecule is CCNC(C)c1cc(F)c(C)cc1SCC(C)CO. The lowest BCUT2D eigenvalue weighted by Gasteiger charge is -2.19. The highest BCUT2D eigenvalue weighted by Gasteiger charge is 2.14. The second-order valence-electron chi connectivity index (χ2n) is 5.02. The summed E-state index contributed by atoms with van der Waals surface area (Å²) < 4.78 is 13.7. The summed E-state index contributed by atoms with van der Waals surface area (Å²) in [6.45, 7) is 8.93. The topological polar surface area (TPSA) is 32.3 Å². The number of rotatable bonds is 7. The van der Waals surface area contributed by atoms with Gasteiger partial charge in [0.05, 0.1) is 0 Å². The minimum absolute atomic E-state index is 0.132. The number of hydrogen-bond acceptors (Lipinski definition) is 3. The summed E-state index contributed by atoms with van der Waals surface area (Å²) in [5, 5.41) is 12.4. The molecule has 2 unspecified atom stereocenters. The van der Waals surface area contributed by atoms with Crippen LogP contribution in [0.3, 0.4) is 0 Å². The lowest BCUT2D eigenvalue weighted by atomic mass is 10.1. The van der Waals surface area contributed by atoms with Gasteiger partial charge in [0, 0.05) is 23.3 Å². The Morgan fingerprint density at radius 1 is 1.37 bits per heavy atom. The molecule has 0 spiro atoms. The summed E-state index contributed by atoms with van der Waals surface area (Å²) in [5.74, 6) is 0.935. The molecule has 2 N–H and O–H groups in total. The third-order valence-corrected chi connectivity index (χ3v) is 4.50. The number of benzene rings is 1. The Hall–Kier alpha value is -0.580. The summed E-state index contributed by atoms with van der Waals surface area (Å²) in [7, 11) is 0.